The minimum atomic E-state index is -1.30. The number of carbonyl (C=O) groups excluding carboxylic acids is 1. The fourth-order valence-corrected chi connectivity index (χ4v) is 11.6. The Labute approximate surface area is 506 Å². The minimum Gasteiger partial charge on any atom is -0.394 e. The highest BCUT2D eigenvalue weighted by Crippen LogP contribution is 2.19. The molecule has 5 N–H and O–H groups in total. The van der Waals surface area contributed by atoms with Crippen molar-refractivity contribution in [3.63, 3.8) is 0 Å². The van der Waals surface area contributed by atoms with Crippen LogP contribution in [0.15, 0.2) is 48.6 Å². The van der Waals surface area contributed by atoms with Crippen LogP contribution in [0.4, 0.5) is 0 Å². The first-order valence-corrected chi connectivity index (χ1v) is 36.5. The summed E-state index contributed by atoms with van der Waals surface area (Å²) in [5, 5.41) is 44.2. The van der Waals surface area contributed by atoms with Gasteiger partial charge >= 0.3 is 0 Å². The van der Waals surface area contributed by atoms with Crippen LogP contribution in [0.25, 0.3) is 0 Å². The van der Waals surface area contributed by atoms with Crippen LogP contribution in [0.2, 0.25) is 0 Å². The number of nitrogens with one attached hydrogen (secondary N) is 1. The molecule has 0 aliphatic carbocycles. The molecule has 0 fully saturated rings. The number of hydrogen-bond donors (Lipinski definition) is 5. The molecule has 0 radical (unpaired) electrons. The van der Waals surface area contributed by atoms with Crippen molar-refractivity contribution in [3.05, 3.63) is 48.6 Å². The molecule has 0 aliphatic heterocycles. The molecule has 478 valence electrons. The lowest BCUT2D eigenvalue weighted by molar-refractivity contribution is -0.132. The second-order valence-corrected chi connectivity index (χ2v) is 25.3. The van der Waals surface area contributed by atoms with Gasteiger partial charge in [0.05, 0.1) is 18.8 Å². The topological polar surface area (TPSA) is 110 Å². The van der Waals surface area contributed by atoms with Gasteiger partial charge in [-0.1, -0.05) is 351 Å². The van der Waals surface area contributed by atoms with Crippen LogP contribution in [0, 0.1) is 0 Å². The number of hydrogen-bond acceptors (Lipinski definition) is 5. The molecule has 0 aromatic rings. The highest BCUT2D eigenvalue weighted by Gasteiger charge is 2.28. The van der Waals surface area contributed by atoms with Crippen LogP contribution in [0.1, 0.15) is 393 Å². The van der Waals surface area contributed by atoms with Gasteiger partial charge in [0.2, 0.25) is 5.91 Å². The lowest BCUT2D eigenvalue weighted by Crippen LogP contribution is -2.53. The van der Waals surface area contributed by atoms with E-state index < -0.39 is 36.9 Å². The maximum Gasteiger partial charge on any atom is 0.249 e. The number of allylic oxidation sites excluding steroid dienone is 8. The minimum absolute atomic E-state index is 0.360. The number of aliphatic hydroxyl groups excluding tert-OH is 4. The summed E-state index contributed by atoms with van der Waals surface area (Å²) in [5.41, 5.74) is 0. The van der Waals surface area contributed by atoms with Crippen molar-refractivity contribution < 1.29 is 25.2 Å². The zero-order valence-corrected chi connectivity index (χ0v) is 54.6. The molecule has 4 unspecified atom stereocenters. The Morgan fingerprint density at radius 1 is 0.296 bits per heavy atom. The van der Waals surface area contributed by atoms with E-state index in [1.165, 1.54) is 308 Å². The normalized spacial score (nSPS) is 13.7. The maximum absolute atomic E-state index is 12.7. The molecule has 0 aromatic heterocycles. The summed E-state index contributed by atoms with van der Waals surface area (Å²) in [4.78, 5) is 12.7. The first kappa shape index (κ1) is 79.3. The SMILES string of the molecule is CCCCCCCCCCCCCCCC/C=C\CCCCCCCCCCCCCCCCCCC(O)C(=O)NC(CO)C(O)C(O)CCC/C=C/CC/C=C/CC/C=C/CCCCCCCCCCCCCCCCCCCC. The van der Waals surface area contributed by atoms with Gasteiger partial charge in [-0.15, -0.1) is 0 Å². The summed E-state index contributed by atoms with van der Waals surface area (Å²) in [6.07, 6.45) is 91.1. The molecule has 0 heterocycles. The average Bonchev–Trinajstić information content (AvgIpc) is 3.47. The van der Waals surface area contributed by atoms with Crippen LogP contribution in [0.5, 0.6) is 0 Å². The van der Waals surface area contributed by atoms with Gasteiger partial charge in [-0.25, -0.2) is 0 Å². The molecule has 0 bridgehead atoms. The lowest BCUT2D eigenvalue weighted by Gasteiger charge is -2.27. The summed E-state index contributed by atoms with van der Waals surface area (Å²) in [6.45, 7) is 4.09. The number of unbranched alkanes of at least 4 members (excludes halogenated alkanes) is 51. The second kappa shape index (κ2) is 69.0. The van der Waals surface area contributed by atoms with Gasteiger partial charge in [0.1, 0.15) is 12.2 Å². The third-order valence-electron chi connectivity index (χ3n) is 17.2. The van der Waals surface area contributed by atoms with Crippen molar-refractivity contribution in [2.75, 3.05) is 6.61 Å². The zero-order chi connectivity index (χ0) is 58.7. The summed E-state index contributed by atoms with van der Waals surface area (Å²) < 4.78 is 0. The fourth-order valence-electron chi connectivity index (χ4n) is 11.6. The Kier molecular flexibility index (Phi) is 67.6. The van der Waals surface area contributed by atoms with Gasteiger partial charge in [0, 0.05) is 0 Å². The van der Waals surface area contributed by atoms with Crippen molar-refractivity contribution in [3.8, 4) is 0 Å². The van der Waals surface area contributed by atoms with E-state index >= 15 is 0 Å². The Morgan fingerprint density at radius 2 is 0.519 bits per heavy atom. The van der Waals surface area contributed by atoms with Gasteiger partial charge < -0.3 is 25.7 Å². The number of aliphatic hydroxyl groups is 4. The predicted octanol–water partition coefficient (Wildman–Crippen LogP) is 22.8. The van der Waals surface area contributed by atoms with Crippen molar-refractivity contribution >= 4 is 5.91 Å². The molecule has 0 aliphatic rings. The largest absolute Gasteiger partial charge is 0.394 e. The number of carbonyl (C=O) groups is 1. The van der Waals surface area contributed by atoms with E-state index in [2.05, 4.69) is 67.8 Å². The summed E-state index contributed by atoms with van der Waals surface area (Å²) in [6, 6.07) is -1.01. The predicted molar refractivity (Wildman–Crippen MR) is 357 cm³/mol. The average molecular weight is 1140 g/mol. The van der Waals surface area contributed by atoms with Crippen LogP contribution in [-0.2, 0) is 4.79 Å². The quantitative estimate of drug-likeness (QED) is 0.0308. The summed E-state index contributed by atoms with van der Waals surface area (Å²) >= 11 is 0. The smallest absolute Gasteiger partial charge is 0.249 e. The summed E-state index contributed by atoms with van der Waals surface area (Å²) in [5.74, 6) is -0.594. The second-order valence-electron chi connectivity index (χ2n) is 25.3. The van der Waals surface area contributed by atoms with Gasteiger partial charge in [0.25, 0.3) is 0 Å². The molecule has 81 heavy (non-hydrogen) atoms. The molecule has 0 spiro atoms. The molecule has 4 atom stereocenters. The molecule has 0 aromatic carbocycles. The lowest BCUT2D eigenvalue weighted by atomic mass is 10.00. The monoisotopic (exact) mass is 1140 g/mol. The number of rotatable bonds is 68. The van der Waals surface area contributed by atoms with Crippen LogP contribution < -0.4 is 5.32 Å². The molecule has 0 rings (SSSR count). The van der Waals surface area contributed by atoms with E-state index in [9.17, 15) is 25.2 Å². The van der Waals surface area contributed by atoms with Crippen molar-refractivity contribution in [1.29, 1.82) is 0 Å². The van der Waals surface area contributed by atoms with E-state index in [4.69, 9.17) is 0 Å². The first-order valence-electron chi connectivity index (χ1n) is 36.5. The zero-order valence-electron chi connectivity index (χ0n) is 54.6. The third kappa shape index (κ3) is 62.6. The number of amides is 1. The fraction of sp³-hybridized carbons (Fsp3) is 0.880. The molecular formula is C75H143NO5. The van der Waals surface area contributed by atoms with Crippen LogP contribution in [-0.4, -0.2) is 57.3 Å². The highest BCUT2D eigenvalue weighted by molar-refractivity contribution is 5.80. The van der Waals surface area contributed by atoms with E-state index in [-0.39, 0.29) is 0 Å². The van der Waals surface area contributed by atoms with Crippen LogP contribution >= 0.6 is 0 Å². The molecule has 0 saturated heterocycles. The van der Waals surface area contributed by atoms with Gasteiger partial charge in [-0.05, 0) is 89.9 Å². The first-order chi connectivity index (χ1) is 40.0. The Hall–Kier alpha value is -1.73. The van der Waals surface area contributed by atoms with Crippen molar-refractivity contribution in [1.82, 2.24) is 5.32 Å². The van der Waals surface area contributed by atoms with E-state index in [1.807, 2.05) is 0 Å². The molecule has 6 heteroatoms. The molecule has 1 amide bonds. The third-order valence-corrected chi connectivity index (χ3v) is 17.2. The van der Waals surface area contributed by atoms with Gasteiger partial charge in [-0.3, -0.25) is 4.79 Å². The molecule has 0 saturated carbocycles. The van der Waals surface area contributed by atoms with Crippen molar-refractivity contribution in [2.24, 2.45) is 0 Å². The highest BCUT2D eigenvalue weighted by atomic mass is 16.3. The molecule has 6 nitrogen and oxygen atoms in total. The Bertz CT molecular complexity index is 1330. The standard InChI is InChI=1S/C75H143NO5/c1-3-5-7-9-11-13-15-17-19-21-23-25-27-29-31-33-35-36-37-39-41-43-45-47-49-51-53-55-57-59-61-63-65-67-69-73(79)75(81)76-71(70-77)74(80)72(78)68-66-64-62-60-58-56-54-52-50-48-46-44-42-40-38-34-32-30-28-26-24-22-20-18-16-14-12-10-8-6-4-2/h33,35,44,46,52,54,60,62,71-74,77-80H,3-32,34,36-43,45,47-51,53,55-59,61,63-70H2,1-2H3,(H,76,81)/b35-33-,46-44+,54-52+,62-60+. The molecular weight excluding hydrogens is 995 g/mol. The van der Waals surface area contributed by atoms with Crippen molar-refractivity contribution in [2.45, 2.75) is 417 Å². The van der Waals surface area contributed by atoms with E-state index in [0.29, 0.717) is 19.3 Å². The van der Waals surface area contributed by atoms with Gasteiger partial charge in [-0.2, -0.15) is 0 Å². The van der Waals surface area contributed by atoms with E-state index in [1.54, 1.807) is 0 Å². The Morgan fingerprint density at radius 3 is 0.778 bits per heavy atom. The summed E-state index contributed by atoms with van der Waals surface area (Å²) in [7, 11) is 0. The van der Waals surface area contributed by atoms with Gasteiger partial charge in [0.15, 0.2) is 0 Å². The van der Waals surface area contributed by atoms with Crippen LogP contribution in [0.3, 0.4) is 0 Å². The Balaban J connectivity index is 3.60. The van der Waals surface area contributed by atoms with E-state index in [0.717, 1.165) is 51.4 Å². The maximum atomic E-state index is 12.7.